The van der Waals surface area contributed by atoms with Crippen LogP contribution < -0.4 is 0 Å². The highest BCUT2D eigenvalue weighted by atomic mass is 16.1. The lowest BCUT2D eigenvalue weighted by molar-refractivity contribution is 0.0965. The van der Waals surface area contributed by atoms with E-state index in [4.69, 9.17) is 0 Å². The molecule has 1 aromatic heterocycles. The summed E-state index contributed by atoms with van der Waals surface area (Å²) in [5.74, 6) is 0.0550. The second kappa shape index (κ2) is 5.58. The number of rotatable bonds is 4. The van der Waals surface area contributed by atoms with Gasteiger partial charge in [-0.3, -0.25) is 9.78 Å². The second-order valence-corrected chi connectivity index (χ2v) is 4.38. The van der Waals surface area contributed by atoms with E-state index < -0.39 is 0 Å². The Labute approximate surface area is 108 Å². The molecule has 0 amide bonds. The first-order valence-electron chi connectivity index (χ1n) is 6.26. The van der Waals surface area contributed by atoms with Crippen molar-refractivity contribution >= 4 is 5.78 Å². The molecule has 2 nitrogen and oxygen atoms in total. The molecule has 0 spiro atoms. The number of Topliss-reactive ketones (excluding diaryl/α,β-unsaturated/α-hetero) is 1. The minimum Gasteiger partial charge on any atom is -0.293 e. The Balaban J connectivity index is 2.32. The van der Waals surface area contributed by atoms with Crippen molar-refractivity contribution in [2.45, 2.75) is 26.2 Å². The molecule has 0 bridgehead atoms. The Kier molecular flexibility index (Phi) is 3.88. The molecule has 1 aromatic carbocycles. The molecular weight excluding hydrogens is 222 g/mol. The van der Waals surface area contributed by atoms with E-state index in [1.165, 1.54) is 0 Å². The van der Waals surface area contributed by atoms with Crippen LogP contribution in [-0.2, 0) is 6.42 Å². The number of carbonyl (C=O) groups is 1. The lowest BCUT2D eigenvalue weighted by Crippen LogP contribution is -2.11. The molecule has 1 atom stereocenters. The van der Waals surface area contributed by atoms with Crippen molar-refractivity contribution in [2.75, 3.05) is 0 Å². The van der Waals surface area contributed by atoms with E-state index in [0.29, 0.717) is 0 Å². The molecule has 2 heteroatoms. The summed E-state index contributed by atoms with van der Waals surface area (Å²) in [6.45, 7) is 4.02. The first-order chi connectivity index (χ1) is 8.74. The Bertz CT molecular complexity index is 534. The topological polar surface area (TPSA) is 30.0 Å². The summed E-state index contributed by atoms with van der Waals surface area (Å²) in [5.41, 5.74) is 2.97. The van der Waals surface area contributed by atoms with E-state index in [1.807, 2.05) is 43.3 Å². The van der Waals surface area contributed by atoms with Gasteiger partial charge in [0.25, 0.3) is 0 Å². The van der Waals surface area contributed by atoms with Crippen LogP contribution in [0, 0.1) is 0 Å². The van der Waals surface area contributed by atoms with Crippen LogP contribution in [0.4, 0.5) is 0 Å². The van der Waals surface area contributed by atoms with Crippen LogP contribution in [0.2, 0.25) is 0 Å². The minimum atomic E-state index is -0.124. The third-order valence-corrected chi connectivity index (χ3v) is 3.26. The van der Waals surface area contributed by atoms with E-state index in [1.54, 1.807) is 12.4 Å². The van der Waals surface area contributed by atoms with Gasteiger partial charge in [-0.15, -0.1) is 0 Å². The number of benzene rings is 1. The van der Waals surface area contributed by atoms with Gasteiger partial charge in [-0.05, 0) is 29.7 Å². The first kappa shape index (κ1) is 12.5. The Morgan fingerprint density at radius 2 is 1.83 bits per heavy atom. The molecule has 2 rings (SSSR count). The molecule has 0 aliphatic rings. The summed E-state index contributed by atoms with van der Waals surface area (Å²) in [6.07, 6.45) is 4.33. The maximum Gasteiger partial charge on any atom is 0.170 e. The van der Waals surface area contributed by atoms with E-state index in [2.05, 4.69) is 11.9 Å². The van der Waals surface area contributed by atoms with Gasteiger partial charge in [0.1, 0.15) is 0 Å². The Hall–Kier alpha value is -1.96. The smallest absolute Gasteiger partial charge is 0.170 e. The molecule has 18 heavy (non-hydrogen) atoms. The van der Waals surface area contributed by atoms with Crippen molar-refractivity contribution in [3.63, 3.8) is 0 Å². The molecule has 0 fully saturated rings. The van der Waals surface area contributed by atoms with Gasteiger partial charge in [-0.2, -0.15) is 0 Å². The van der Waals surface area contributed by atoms with Crippen molar-refractivity contribution < 1.29 is 4.79 Å². The number of carbonyl (C=O) groups excluding carboxylic acids is 1. The predicted molar refractivity (Wildman–Crippen MR) is 72.8 cm³/mol. The van der Waals surface area contributed by atoms with Gasteiger partial charge in [0.05, 0.1) is 0 Å². The van der Waals surface area contributed by atoms with Crippen LogP contribution in [0.5, 0.6) is 0 Å². The van der Waals surface area contributed by atoms with E-state index >= 15 is 0 Å². The van der Waals surface area contributed by atoms with Crippen LogP contribution in [-0.4, -0.2) is 10.8 Å². The number of hydrogen-bond acceptors (Lipinski definition) is 2. The summed E-state index contributed by atoms with van der Waals surface area (Å²) in [4.78, 5) is 16.5. The van der Waals surface area contributed by atoms with Gasteiger partial charge < -0.3 is 0 Å². The third-order valence-electron chi connectivity index (χ3n) is 3.26. The standard InChI is InChI=1S/C16H17NO/c1-3-13-6-4-5-7-15(13)16(18)12(2)14-8-10-17-11-9-14/h4-12H,3H2,1-2H3. The highest BCUT2D eigenvalue weighted by Gasteiger charge is 2.18. The van der Waals surface area contributed by atoms with Gasteiger partial charge in [-0.1, -0.05) is 38.1 Å². The van der Waals surface area contributed by atoms with Crippen molar-refractivity contribution in [1.82, 2.24) is 4.98 Å². The normalized spacial score (nSPS) is 12.1. The number of aryl methyl sites for hydroxylation is 1. The lowest BCUT2D eigenvalue weighted by Gasteiger charge is -2.13. The van der Waals surface area contributed by atoms with Crippen molar-refractivity contribution in [1.29, 1.82) is 0 Å². The molecule has 0 radical (unpaired) electrons. The highest BCUT2D eigenvalue weighted by Crippen LogP contribution is 2.22. The average molecular weight is 239 g/mol. The summed E-state index contributed by atoms with van der Waals surface area (Å²) in [7, 11) is 0. The SMILES string of the molecule is CCc1ccccc1C(=O)C(C)c1ccncc1. The number of pyridine rings is 1. The molecule has 2 aromatic rings. The Morgan fingerprint density at radius 3 is 2.50 bits per heavy atom. The lowest BCUT2D eigenvalue weighted by atomic mass is 9.90. The molecule has 0 aliphatic carbocycles. The van der Waals surface area contributed by atoms with Gasteiger partial charge in [0, 0.05) is 23.9 Å². The average Bonchev–Trinajstić information content (AvgIpc) is 2.46. The monoisotopic (exact) mass is 239 g/mol. The third kappa shape index (κ3) is 2.48. The number of nitrogens with zero attached hydrogens (tertiary/aromatic N) is 1. The molecule has 0 saturated carbocycles. The predicted octanol–water partition coefficient (Wildman–Crippen LogP) is 3.63. The molecule has 92 valence electrons. The van der Waals surface area contributed by atoms with Crippen LogP contribution in [0.25, 0.3) is 0 Å². The largest absolute Gasteiger partial charge is 0.293 e. The minimum absolute atomic E-state index is 0.124. The summed E-state index contributed by atoms with van der Waals surface area (Å²) >= 11 is 0. The molecule has 1 unspecified atom stereocenters. The maximum atomic E-state index is 12.5. The van der Waals surface area contributed by atoms with E-state index in [-0.39, 0.29) is 11.7 Å². The van der Waals surface area contributed by atoms with E-state index in [9.17, 15) is 4.79 Å². The molecule has 1 heterocycles. The molecular formula is C16H17NO. The van der Waals surface area contributed by atoms with Gasteiger partial charge >= 0.3 is 0 Å². The quantitative estimate of drug-likeness (QED) is 0.762. The zero-order chi connectivity index (χ0) is 13.0. The van der Waals surface area contributed by atoms with Gasteiger partial charge in [0.2, 0.25) is 0 Å². The first-order valence-corrected chi connectivity index (χ1v) is 6.26. The molecule has 0 saturated heterocycles. The zero-order valence-electron chi connectivity index (χ0n) is 10.8. The van der Waals surface area contributed by atoms with Gasteiger partial charge in [0.15, 0.2) is 5.78 Å². The van der Waals surface area contributed by atoms with Crippen LogP contribution in [0.1, 0.15) is 41.3 Å². The molecule has 0 aliphatic heterocycles. The second-order valence-electron chi connectivity index (χ2n) is 4.38. The van der Waals surface area contributed by atoms with Crippen molar-refractivity contribution in [3.05, 3.63) is 65.5 Å². The van der Waals surface area contributed by atoms with Crippen molar-refractivity contribution in [3.8, 4) is 0 Å². The fourth-order valence-corrected chi connectivity index (χ4v) is 2.11. The number of ketones is 1. The maximum absolute atomic E-state index is 12.5. The number of hydrogen-bond donors (Lipinski definition) is 0. The summed E-state index contributed by atoms with van der Waals surface area (Å²) in [6, 6.07) is 11.6. The summed E-state index contributed by atoms with van der Waals surface area (Å²) in [5, 5.41) is 0. The van der Waals surface area contributed by atoms with E-state index in [0.717, 1.165) is 23.1 Å². The van der Waals surface area contributed by atoms with Crippen LogP contribution >= 0.6 is 0 Å². The zero-order valence-corrected chi connectivity index (χ0v) is 10.8. The van der Waals surface area contributed by atoms with Gasteiger partial charge in [-0.25, -0.2) is 0 Å². The highest BCUT2D eigenvalue weighted by molar-refractivity contribution is 6.01. The van der Waals surface area contributed by atoms with Crippen molar-refractivity contribution in [2.24, 2.45) is 0 Å². The summed E-state index contributed by atoms with van der Waals surface area (Å²) < 4.78 is 0. The Morgan fingerprint density at radius 1 is 1.17 bits per heavy atom. The van der Waals surface area contributed by atoms with Crippen LogP contribution in [0.15, 0.2) is 48.8 Å². The fraction of sp³-hybridized carbons (Fsp3) is 0.250. The number of aromatic nitrogens is 1. The van der Waals surface area contributed by atoms with Crippen LogP contribution in [0.3, 0.4) is 0 Å². The fourth-order valence-electron chi connectivity index (χ4n) is 2.11. The molecule has 0 N–H and O–H groups in total.